The number of aromatic nitrogens is 1. The van der Waals surface area contributed by atoms with Crippen molar-refractivity contribution in [2.24, 2.45) is 0 Å². The molecule has 0 bridgehead atoms. The van der Waals surface area contributed by atoms with Crippen LogP contribution < -0.4 is 19.3 Å². The van der Waals surface area contributed by atoms with Gasteiger partial charge in [0, 0.05) is 14.1 Å². The molecule has 0 atom stereocenters. The van der Waals surface area contributed by atoms with Crippen molar-refractivity contribution in [3.05, 3.63) is 77.9 Å². The third kappa shape index (κ3) is 7.92. The molecule has 184 valence electrons. The maximum absolute atomic E-state index is 11.1. The van der Waals surface area contributed by atoms with Gasteiger partial charge in [-0.3, -0.25) is 4.79 Å². The Labute approximate surface area is 204 Å². The number of rotatable bonds is 13. The first-order chi connectivity index (χ1) is 16.8. The second-order valence-corrected chi connectivity index (χ2v) is 7.94. The molecule has 3 aromatic rings. The molecule has 9 nitrogen and oxygen atoms in total. The first kappa shape index (κ1) is 25.4. The number of carboxylic acids is 2. The van der Waals surface area contributed by atoms with E-state index in [1.165, 1.54) is 12.1 Å². The van der Waals surface area contributed by atoms with Gasteiger partial charge in [-0.05, 0) is 48.0 Å². The molecule has 35 heavy (non-hydrogen) atoms. The molecule has 0 aliphatic carbocycles. The second kappa shape index (κ2) is 12.3. The lowest BCUT2D eigenvalue weighted by molar-refractivity contribution is -0.136. The number of aliphatic carboxylic acids is 1. The Morgan fingerprint density at radius 3 is 1.91 bits per heavy atom. The average Bonchev–Trinajstić information content (AvgIpc) is 2.84. The molecule has 0 amide bonds. The summed E-state index contributed by atoms with van der Waals surface area (Å²) in [5.41, 5.74) is 0.879. The van der Waals surface area contributed by atoms with E-state index in [9.17, 15) is 9.59 Å². The Balaban J connectivity index is 1.49. The molecular formula is C26H29N3O6. The molecule has 0 radical (unpaired) electrons. The lowest BCUT2D eigenvalue weighted by Gasteiger charge is -2.22. The van der Waals surface area contributed by atoms with Gasteiger partial charge in [-0.1, -0.05) is 24.3 Å². The fourth-order valence-electron chi connectivity index (χ4n) is 3.31. The molecule has 0 spiro atoms. The molecule has 1 heterocycles. The van der Waals surface area contributed by atoms with E-state index in [1.807, 2.05) is 42.1 Å². The van der Waals surface area contributed by atoms with Crippen molar-refractivity contribution in [3.63, 3.8) is 0 Å². The van der Waals surface area contributed by atoms with Crippen molar-refractivity contribution in [1.29, 1.82) is 0 Å². The number of nitrogens with zero attached hydrogens (tertiary/aromatic N) is 3. The number of hydrogen-bond acceptors (Lipinski definition) is 7. The Morgan fingerprint density at radius 1 is 0.800 bits per heavy atom. The Kier molecular flexibility index (Phi) is 8.89. The van der Waals surface area contributed by atoms with Crippen LogP contribution in [0.25, 0.3) is 0 Å². The highest BCUT2D eigenvalue weighted by molar-refractivity contribution is 5.88. The monoisotopic (exact) mass is 479 g/mol. The summed E-state index contributed by atoms with van der Waals surface area (Å²) in [4.78, 5) is 30.6. The molecule has 0 aliphatic rings. The summed E-state index contributed by atoms with van der Waals surface area (Å²) in [5, 5.41) is 18.0. The van der Waals surface area contributed by atoms with E-state index in [-0.39, 0.29) is 12.0 Å². The molecule has 0 fully saturated rings. The fourth-order valence-corrected chi connectivity index (χ4v) is 3.31. The maximum atomic E-state index is 11.1. The van der Waals surface area contributed by atoms with Gasteiger partial charge in [0.05, 0.1) is 25.1 Å². The van der Waals surface area contributed by atoms with E-state index in [0.29, 0.717) is 43.4 Å². The van der Waals surface area contributed by atoms with E-state index in [1.54, 1.807) is 36.4 Å². The zero-order valence-corrected chi connectivity index (χ0v) is 19.8. The van der Waals surface area contributed by atoms with Gasteiger partial charge >= 0.3 is 11.9 Å². The van der Waals surface area contributed by atoms with Crippen molar-refractivity contribution in [2.75, 3.05) is 50.2 Å². The number of anilines is 2. The van der Waals surface area contributed by atoms with Gasteiger partial charge in [0.2, 0.25) is 0 Å². The van der Waals surface area contributed by atoms with E-state index in [4.69, 9.17) is 24.7 Å². The molecule has 0 saturated carbocycles. The van der Waals surface area contributed by atoms with Crippen molar-refractivity contribution in [3.8, 4) is 11.5 Å². The van der Waals surface area contributed by atoms with Crippen molar-refractivity contribution >= 4 is 23.6 Å². The number of pyridine rings is 1. The number of carbonyl (C=O) groups is 2. The molecule has 1 aromatic heterocycles. The third-order valence-electron chi connectivity index (χ3n) is 5.23. The summed E-state index contributed by atoms with van der Waals surface area (Å²) < 4.78 is 11.5. The number of benzene rings is 2. The summed E-state index contributed by atoms with van der Waals surface area (Å²) in [5.74, 6) is 0.833. The molecule has 0 aliphatic heterocycles. The minimum atomic E-state index is -0.991. The van der Waals surface area contributed by atoms with E-state index >= 15 is 0 Å². The van der Waals surface area contributed by atoms with Crippen LogP contribution in [0.2, 0.25) is 0 Å². The fraction of sp³-hybridized carbons (Fsp3) is 0.269. The number of likely N-dealkylation sites (N-methyl/N-ethyl adjacent to an activating group) is 2. The molecule has 9 heteroatoms. The van der Waals surface area contributed by atoms with Crippen LogP contribution in [0.15, 0.2) is 66.7 Å². The zero-order chi connectivity index (χ0) is 25.2. The van der Waals surface area contributed by atoms with Crippen LogP contribution in [-0.2, 0) is 11.2 Å². The first-order valence-electron chi connectivity index (χ1n) is 11.1. The number of ether oxygens (including phenoxy) is 2. The normalized spacial score (nSPS) is 10.5. The van der Waals surface area contributed by atoms with Gasteiger partial charge in [0.1, 0.15) is 36.3 Å². The maximum Gasteiger partial charge on any atom is 0.335 e. The largest absolute Gasteiger partial charge is 0.492 e. The molecule has 3 rings (SSSR count). The summed E-state index contributed by atoms with van der Waals surface area (Å²) >= 11 is 0. The smallest absolute Gasteiger partial charge is 0.335 e. The predicted octanol–water partition coefficient (Wildman–Crippen LogP) is 3.44. The molecular weight excluding hydrogens is 450 g/mol. The van der Waals surface area contributed by atoms with Gasteiger partial charge in [-0.15, -0.1) is 0 Å². The van der Waals surface area contributed by atoms with Crippen LogP contribution in [-0.4, -0.2) is 67.5 Å². The Hall–Kier alpha value is -4.27. The van der Waals surface area contributed by atoms with Gasteiger partial charge < -0.3 is 29.5 Å². The van der Waals surface area contributed by atoms with E-state index < -0.39 is 11.9 Å². The van der Waals surface area contributed by atoms with Crippen LogP contribution in [0.5, 0.6) is 11.5 Å². The quantitative estimate of drug-likeness (QED) is 0.381. The SMILES string of the molecule is CN(CCOc1cccc(CC(=O)O)c1)c1cccc(N(C)CCOc2cccc(C(=O)O)c2)n1. The second-order valence-electron chi connectivity index (χ2n) is 7.94. The van der Waals surface area contributed by atoms with Crippen LogP contribution in [0, 0.1) is 0 Å². The first-order valence-corrected chi connectivity index (χ1v) is 11.1. The lowest BCUT2D eigenvalue weighted by atomic mass is 10.1. The number of hydrogen-bond donors (Lipinski definition) is 2. The lowest BCUT2D eigenvalue weighted by Crippen LogP contribution is -2.27. The Morgan fingerprint density at radius 2 is 1.34 bits per heavy atom. The van der Waals surface area contributed by atoms with Crippen molar-refractivity contribution in [2.45, 2.75) is 6.42 Å². The van der Waals surface area contributed by atoms with Crippen LogP contribution in [0.3, 0.4) is 0 Å². The molecule has 2 aromatic carbocycles. The summed E-state index contributed by atoms with van der Waals surface area (Å²) in [6, 6.07) is 19.2. The van der Waals surface area contributed by atoms with E-state index in [0.717, 1.165) is 11.6 Å². The van der Waals surface area contributed by atoms with Gasteiger partial charge in [0.25, 0.3) is 0 Å². The summed E-state index contributed by atoms with van der Waals surface area (Å²) in [6.07, 6.45) is -0.0406. The highest BCUT2D eigenvalue weighted by Gasteiger charge is 2.09. The topological polar surface area (TPSA) is 112 Å². The van der Waals surface area contributed by atoms with Crippen molar-refractivity contribution in [1.82, 2.24) is 4.98 Å². The van der Waals surface area contributed by atoms with Gasteiger partial charge in [0.15, 0.2) is 0 Å². The van der Waals surface area contributed by atoms with Crippen LogP contribution in [0.1, 0.15) is 15.9 Å². The Bertz CT molecular complexity index is 1150. The molecule has 0 saturated heterocycles. The van der Waals surface area contributed by atoms with Gasteiger partial charge in [-0.2, -0.15) is 0 Å². The minimum Gasteiger partial charge on any atom is -0.492 e. The predicted molar refractivity (Wildman–Crippen MR) is 133 cm³/mol. The highest BCUT2D eigenvalue weighted by Crippen LogP contribution is 2.18. The average molecular weight is 480 g/mol. The van der Waals surface area contributed by atoms with Gasteiger partial charge in [-0.25, -0.2) is 9.78 Å². The van der Waals surface area contributed by atoms with Crippen LogP contribution in [0.4, 0.5) is 11.6 Å². The number of carboxylic acid groups (broad SMARTS) is 2. The van der Waals surface area contributed by atoms with Crippen molar-refractivity contribution < 1.29 is 29.3 Å². The zero-order valence-electron chi connectivity index (χ0n) is 19.8. The summed E-state index contributed by atoms with van der Waals surface area (Å²) in [7, 11) is 3.84. The third-order valence-corrected chi connectivity index (χ3v) is 5.23. The summed E-state index contributed by atoms with van der Waals surface area (Å²) in [6.45, 7) is 1.94. The highest BCUT2D eigenvalue weighted by atomic mass is 16.5. The van der Waals surface area contributed by atoms with Crippen LogP contribution >= 0.6 is 0 Å². The van der Waals surface area contributed by atoms with E-state index in [2.05, 4.69) is 0 Å². The standard InChI is InChI=1S/C26H29N3O6/c1-28(12-14-34-21-8-3-6-19(16-21)17-25(30)31)23-10-5-11-24(27-23)29(2)13-15-35-22-9-4-7-20(18-22)26(32)33/h3-11,16,18H,12-15,17H2,1-2H3,(H,30,31)(H,32,33). The minimum absolute atomic E-state index is 0.0406. The molecule has 2 N–H and O–H groups in total. The molecule has 0 unspecified atom stereocenters. The number of aromatic carboxylic acids is 1.